The first-order valence-corrected chi connectivity index (χ1v) is 10.5. The van der Waals surface area contributed by atoms with Gasteiger partial charge in [-0.15, -0.1) is 11.3 Å². The van der Waals surface area contributed by atoms with E-state index >= 15 is 0 Å². The SMILES string of the molecule is COc1ccc(-n2c(SCC(=O)O)nc3scc(-c4ccccc4)c3c2=O)cc1. The summed E-state index contributed by atoms with van der Waals surface area (Å²) < 4.78 is 6.66. The summed E-state index contributed by atoms with van der Waals surface area (Å²) in [4.78, 5) is 29.8. The third-order valence-corrected chi connectivity index (χ3v) is 6.11. The van der Waals surface area contributed by atoms with Crippen molar-refractivity contribution in [2.45, 2.75) is 5.16 Å². The summed E-state index contributed by atoms with van der Waals surface area (Å²) in [5, 5.41) is 11.9. The first-order chi connectivity index (χ1) is 14.1. The molecule has 0 atom stereocenters. The van der Waals surface area contributed by atoms with Gasteiger partial charge >= 0.3 is 5.97 Å². The molecule has 4 aromatic rings. The quantitative estimate of drug-likeness (QED) is 0.367. The third-order valence-electron chi connectivity index (χ3n) is 4.32. The van der Waals surface area contributed by atoms with Crippen LogP contribution in [0.3, 0.4) is 0 Å². The first-order valence-electron chi connectivity index (χ1n) is 8.67. The lowest BCUT2D eigenvalue weighted by molar-refractivity contribution is -0.133. The minimum absolute atomic E-state index is 0.189. The number of thioether (sulfide) groups is 1. The van der Waals surface area contributed by atoms with Gasteiger partial charge in [-0.05, 0) is 29.8 Å². The van der Waals surface area contributed by atoms with Crippen LogP contribution in [0.2, 0.25) is 0 Å². The third kappa shape index (κ3) is 3.76. The molecule has 4 rings (SSSR count). The Morgan fingerprint density at radius 1 is 1.17 bits per heavy atom. The maximum atomic E-state index is 13.5. The number of fused-ring (bicyclic) bond motifs is 1. The fraction of sp³-hybridized carbons (Fsp3) is 0.0952. The predicted molar refractivity (Wildman–Crippen MR) is 116 cm³/mol. The molecule has 29 heavy (non-hydrogen) atoms. The Morgan fingerprint density at radius 2 is 1.90 bits per heavy atom. The van der Waals surface area contributed by atoms with Gasteiger partial charge in [0.15, 0.2) is 5.16 Å². The zero-order valence-electron chi connectivity index (χ0n) is 15.4. The second-order valence-electron chi connectivity index (χ2n) is 6.11. The second kappa shape index (κ2) is 8.10. The molecule has 2 aromatic carbocycles. The van der Waals surface area contributed by atoms with Gasteiger partial charge in [0.1, 0.15) is 10.6 Å². The van der Waals surface area contributed by atoms with Crippen LogP contribution in [-0.4, -0.2) is 33.5 Å². The second-order valence-corrected chi connectivity index (χ2v) is 7.91. The normalized spacial score (nSPS) is 10.9. The van der Waals surface area contributed by atoms with E-state index in [0.717, 1.165) is 22.9 Å². The van der Waals surface area contributed by atoms with E-state index in [0.29, 0.717) is 26.8 Å². The van der Waals surface area contributed by atoms with Crippen LogP contribution in [0.25, 0.3) is 27.0 Å². The maximum Gasteiger partial charge on any atom is 0.313 e. The molecule has 0 aliphatic carbocycles. The number of thiophene rings is 1. The summed E-state index contributed by atoms with van der Waals surface area (Å²) in [7, 11) is 1.57. The highest BCUT2D eigenvalue weighted by atomic mass is 32.2. The molecule has 0 aliphatic heterocycles. The Bertz CT molecular complexity index is 1230. The molecule has 0 radical (unpaired) electrons. The molecule has 0 saturated heterocycles. The molecular weight excluding hydrogens is 408 g/mol. The molecule has 8 heteroatoms. The number of rotatable bonds is 6. The first kappa shape index (κ1) is 19.2. The summed E-state index contributed by atoms with van der Waals surface area (Å²) >= 11 is 2.40. The van der Waals surface area contributed by atoms with Crippen molar-refractivity contribution in [1.82, 2.24) is 9.55 Å². The number of carboxylic acids is 1. The number of methoxy groups -OCH3 is 1. The van der Waals surface area contributed by atoms with Crippen molar-refractivity contribution in [2.75, 3.05) is 12.9 Å². The Hall–Kier alpha value is -3.10. The molecule has 0 amide bonds. The monoisotopic (exact) mass is 424 g/mol. The van der Waals surface area contributed by atoms with Gasteiger partial charge in [-0.2, -0.15) is 0 Å². The molecule has 1 N–H and O–H groups in total. The van der Waals surface area contributed by atoms with Gasteiger partial charge in [-0.3, -0.25) is 14.2 Å². The van der Waals surface area contributed by atoms with Gasteiger partial charge in [0.2, 0.25) is 0 Å². The standard InChI is InChI=1S/C21H16N2O4S2/c1-27-15-9-7-14(8-10-15)23-20(26)18-16(13-5-3-2-4-6-13)11-28-19(18)22-21(23)29-12-17(24)25/h2-11H,12H2,1H3,(H,24,25). The predicted octanol–water partition coefficient (Wildman–Crippen LogP) is 4.30. The Balaban J connectivity index is 1.96. The largest absolute Gasteiger partial charge is 0.497 e. The van der Waals surface area contributed by atoms with Crippen LogP contribution in [0.4, 0.5) is 0 Å². The minimum Gasteiger partial charge on any atom is -0.497 e. The van der Waals surface area contributed by atoms with E-state index in [9.17, 15) is 9.59 Å². The van der Waals surface area contributed by atoms with Crippen molar-refractivity contribution >= 4 is 39.3 Å². The van der Waals surface area contributed by atoms with Crippen LogP contribution in [0.5, 0.6) is 5.75 Å². The van der Waals surface area contributed by atoms with E-state index in [2.05, 4.69) is 4.98 Å². The maximum absolute atomic E-state index is 13.5. The van der Waals surface area contributed by atoms with E-state index in [1.807, 2.05) is 35.7 Å². The zero-order chi connectivity index (χ0) is 20.4. The molecule has 0 bridgehead atoms. The van der Waals surface area contributed by atoms with Crippen molar-refractivity contribution in [2.24, 2.45) is 0 Å². The van der Waals surface area contributed by atoms with Crippen molar-refractivity contribution in [3.05, 3.63) is 70.3 Å². The van der Waals surface area contributed by atoms with Crippen LogP contribution in [0.1, 0.15) is 0 Å². The molecule has 0 aliphatic rings. The molecule has 0 unspecified atom stereocenters. The summed E-state index contributed by atoms with van der Waals surface area (Å²) in [5.41, 5.74) is 2.13. The summed E-state index contributed by atoms with van der Waals surface area (Å²) in [6.45, 7) is 0. The van der Waals surface area contributed by atoms with Crippen molar-refractivity contribution in [3.8, 4) is 22.6 Å². The number of hydrogen-bond acceptors (Lipinski definition) is 6. The average molecular weight is 425 g/mol. The smallest absolute Gasteiger partial charge is 0.313 e. The number of aromatic nitrogens is 2. The van der Waals surface area contributed by atoms with Crippen LogP contribution >= 0.6 is 23.1 Å². The molecule has 6 nitrogen and oxygen atoms in total. The fourth-order valence-corrected chi connectivity index (χ4v) is 4.71. The average Bonchev–Trinajstić information content (AvgIpc) is 3.17. The highest BCUT2D eigenvalue weighted by Gasteiger charge is 2.19. The summed E-state index contributed by atoms with van der Waals surface area (Å²) in [6, 6.07) is 16.7. The number of hydrogen-bond donors (Lipinski definition) is 1. The van der Waals surface area contributed by atoms with E-state index in [1.54, 1.807) is 31.4 Å². The fourth-order valence-electron chi connectivity index (χ4n) is 2.98. The van der Waals surface area contributed by atoms with E-state index in [1.165, 1.54) is 15.9 Å². The van der Waals surface area contributed by atoms with E-state index in [4.69, 9.17) is 9.84 Å². The van der Waals surface area contributed by atoms with Crippen molar-refractivity contribution < 1.29 is 14.6 Å². The number of ether oxygens (including phenoxy) is 1. The van der Waals surface area contributed by atoms with Gasteiger partial charge in [0.25, 0.3) is 5.56 Å². The molecule has 0 saturated carbocycles. The van der Waals surface area contributed by atoms with Gasteiger partial charge in [0, 0.05) is 10.9 Å². The summed E-state index contributed by atoms with van der Waals surface area (Å²) in [5.74, 6) is -0.497. The van der Waals surface area contributed by atoms with Gasteiger partial charge in [0.05, 0.1) is 23.9 Å². The Kier molecular flexibility index (Phi) is 5.37. The van der Waals surface area contributed by atoms with Gasteiger partial charge in [-0.25, -0.2) is 4.98 Å². The highest BCUT2D eigenvalue weighted by molar-refractivity contribution is 7.99. The van der Waals surface area contributed by atoms with Crippen LogP contribution in [0.15, 0.2) is 69.9 Å². The molecule has 0 fully saturated rings. The van der Waals surface area contributed by atoms with Crippen LogP contribution < -0.4 is 10.3 Å². The number of nitrogens with zero attached hydrogens (tertiary/aromatic N) is 2. The van der Waals surface area contributed by atoms with Gasteiger partial charge < -0.3 is 9.84 Å². The molecule has 2 aromatic heterocycles. The highest BCUT2D eigenvalue weighted by Crippen LogP contribution is 2.33. The molecule has 146 valence electrons. The van der Waals surface area contributed by atoms with Crippen LogP contribution in [0, 0.1) is 0 Å². The number of carboxylic acid groups (broad SMARTS) is 1. The topological polar surface area (TPSA) is 81.4 Å². The zero-order valence-corrected chi connectivity index (χ0v) is 17.0. The minimum atomic E-state index is -0.971. The Labute approximate surface area is 174 Å². The molecule has 0 spiro atoms. The molecular formula is C21H16N2O4S2. The summed E-state index contributed by atoms with van der Waals surface area (Å²) in [6.07, 6.45) is 0. The number of benzene rings is 2. The molecule has 2 heterocycles. The van der Waals surface area contributed by atoms with E-state index in [-0.39, 0.29) is 11.3 Å². The van der Waals surface area contributed by atoms with Gasteiger partial charge in [-0.1, -0.05) is 42.1 Å². The Morgan fingerprint density at radius 3 is 2.55 bits per heavy atom. The lowest BCUT2D eigenvalue weighted by Crippen LogP contribution is -2.22. The number of carbonyl (C=O) groups is 1. The lowest BCUT2D eigenvalue weighted by atomic mass is 10.1. The van der Waals surface area contributed by atoms with Crippen LogP contribution in [-0.2, 0) is 4.79 Å². The van der Waals surface area contributed by atoms with Crippen molar-refractivity contribution in [1.29, 1.82) is 0 Å². The lowest BCUT2D eigenvalue weighted by Gasteiger charge is -2.12. The number of aliphatic carboxylic acids is 1. The van der Waals surface area contributed by atoms with Crippen molar-refractivity contribution in [3.63, 3.8) is 0 Å². The van der Waals surface area contributed by atoms with E-state index < -0.39 is 5.97 Å².